The van der Waals surface area contributed by atoms with Crippen molar-refractivity contribution in [2.24, 2.45) is 5.92 Å². The molecule has 4 nitrogen and oxygen atoms in total. The average Bonchev–Trinajstić information content (AvgIpc) is 2.48. The SMILES string of the molecule is CCC1CN(C(=O)Nc2ccccc2F)CCC1NC. The Morgan fingerprint density at radius 2 is 2.20 bits per heavy atom. The Labute approximate surface area is 119 Å². The first kappa shape index (κ1) is 14.8. The van der Waals surface area contributed by atoms with Crippen LogP contribution in [-0.4, -0.2) is 37.1 Å². The van der Waals surface area contributed by atoms with E-state index in [1.54, 1.807) is 23.1 Å². The summed E-state index contributed by atoms with van der Waals surface area (Å²) in [4.78, 5) is 14.0. The highest BCUT2D eigenvalue weighted by Gasteiger charge is 2.29. The number of hydrogen-bond acceptors (Lipinski definition) is 2. The molecule has 2 unspecified atom stereocenters. The zero-order valence-electron chi connectivity index (χ0n) is 12.0. The molecule has 2 atom stereocenters. The van der Waals surface area contributed by atoms with E-state index in [0.717, 1.165) is 12.8 Å². The van der Waals surface area contributed by atoms with Gasteiger partial charge in [-0.05, 0) is 31.5 Å². The first-order valence-corrected chi connectivity index (χ1v) is 7.13. The van der Waals surface area contributed by atoms with Crippen LogP contribution in [0.1, 0.15) is 19.8 Å². The molecule has 20 heavy (non-hydrogen) atoms. The monoisotopic (exact) mass is 279 g/mol. The van der Waals surface area contributed by atoms with Gasteiger partial charge >= 0.3 is 6.03 Å². The van der Waals surface area contributed by atoms with Gasteiger partial charge in [0.1, 0.15) is 5.82 Å². The second-order valence-corrected chi connectivity index (χ2v) is 5.21. The molecule has 0 bridgehead atoms. The number of anilines is 1. The molecule has 0 aromatic heterocycles. The summed E-state index contributed by atoms with van der Waals surface area (Å²) in [5, 5.41) is 5.95. The molecule has 0 spiro atoms. The van der Waals surface area contributed by atoms with E-state index in [-0.39, 0.29) is 11.7 Å². The van der Waals surface area contributed by atoms with Crippen molar-refractivity contribution in [1.82, 2.24) is 10.2 Å². The number of halogens is 1. The molecule has 2 N–H and O–H groups in total. The van der Waals surface area contributed by atoms with Crippen molar-refractivity contribution in [3.05, 3.63) is 30.1 Å². The lowest BCUT2D eigenvalue weighted by atomic mass is 9.90. The lowest BCUT2D eigenvalue weighted by molar-refractivity contribution is 0.154. The second-order valence-electron chi connectivity index (χ2n) is 5.21. The molecule has 0 aliphatic carbocycles. The topological polar surface area (TPSA) is 44.4 Å². The number of para-hydroxylation sites is 1. The summed E-state index contributed by atoms with van der Waals surface area (Å²) >= 11 is 0. The first-order valence-electron chi connectivity index (χ1n) is 7.13. The predicted octanol–water partition coefficient (Wildman–Crippen LogP) is 2.68. The summed E-state index contributed by atoms with van der Waals surface area (Å²) in [5.74, 6) is 0.0399. The Bertz CT molecular complexity index is 466. The van der Waals surface area contributed by atoms with Gasteiger partial charge in [0.15, 0.2) is 0 Å². The fourth-order valence-corrected chi connectivity index (χ4v) is 2.77. The standard InChI is InChI=1S/C15H22FN3O/c1-3-11-10-19(9-8-13(11)17-2)15(20)18-14-7-5-4-6-12(14)16/h4-7,11,13,17H,3,8-10H2,1-2H3,(H,18,20). The molecule has 1 fully saturated rings. The molecule has 110 valence electrons. The number of urea groups is 1. The van der Waals surface area contributed by atoms with Crippen LogP contribution in [-0.2, 0) is 0 Å². The number of piperidine rings is 1. The number of likely N-dealkylation sites (tertiary alicyclic amines) is 1. The molecular weight excluding hydrogens is 257 g/mol. The van der Waals surface area contributed by atoms with Crippen molar-refractivity contribution >= 4 is 11.7 Å². The maximum absolute atomic E-state index is 13.5. The van der Waals surface area contributed by atoms with Crippen LogP contribution in [0.3, 0.4) is 0 Å². The third kappa shape index (κ3) is 3.28. The number of rotatable bonds is 3. The lowest BCUT2D eigenvalue weighted by Gasteiger charge is -2.38. The number of amides is 2. The summed E-state index contributed by atoms with van der Waals surface area (Å²) in [6, 6.07) is 6.47. The molecule has 5 heteroatoms. The Morgan fingerprint density at radius 3 is 2.85 bits per heavy atom. The highest BCUT2D eigenvalue weighted by Crippen LogP contribution is 2.21. The van der Waals surface area contributed by atoms with Gasteiger partial charge in [0.05, 0.1) is 5.69 Å². The summed E-state index contributed by atoms with van der Waals surface area (Å²) in [6.07, 6.45) is 1.95. The van der Waals surface area contributed by atoms with E-state index in [9.17, 15) is 9.18 Å². The van der Waals surface area contributed by atoms with Gasteiger partial charge < -0.3 is 15.5 Å². The van der Waals surface area contributed by atoms with Gasteiger partial charge in [0.25, 0.3) is 0 Å². The minimum atomic E-state index is -0.405. The molecule has 2 rings (SSSR count). The summed E-state index contributed by atoms with van der Waals surface area (Å²) in [5.41, 5.74) is 0.237. The van der Waals surface area contributed by atoms with E-state index in [1.165, 1.54) is 6.07 Å². The average molecular weight is 279 g/mol. The van der Waals surface area contributed by atoms with Crippen molar-refractivity contribution in [3.63, 3.8) is 0 Å². The van der Waals surface area contributed by atoms with Gasteiger partial charge in [-0.15, -0.1) is 0 Å². The number of hydrogen-bond donors (Lipinski definition) is 2. The zero-order chi connectivity index (χ0) is 14.5. The van der Waals surface area contributed by atoms with E-state index in [2.05, 4.69) is 17.6 Å². The summed E-state index contributed by atoms with van der Waals surface area (Å²) in [7, 11) is 1.96. The molecule has 2 amide bonds. The minimum Gasteiger partial charge on any atom is -0.324 e. The number of carbonyl (C=O) groups is 1. The quantitative estimate of drug-likeness (QED) is 0.893. The van der Waals surface area contributed by atoms with Crippen molar-refractivity contribution < 1.29 is 9.18 Å². The molecule has 1 saturated heterocycles. The van der Waals surface area contributed by atoms with Crippen LogP contribution in [0.4, 0.5) is 14.9 Å². The smallest absolute Gasteiger partial charge is 0.321 e. The van der Waals surface area contributed by atoms with E-state index < -0.39 is 5.82 Å². The van der Waals surface area contributed by atoms with E-state index in [0.29, 0.717) is 25.0 Å². The van der Waals surface area contributed by atoms with E-state index in [1.807, 2.05) is 7.05 Å². The lowest BCUT2D eigenvalue weighted by Crippen LogP contribution is -2.51. The summed E-state index contributed by atoms with van der Waals surface area (Å²) in [6.45, 7) is 3.54. The minimum absolute atomic E-state index is 0.219. The van der Waals surface area contributed by atoms with Crippen molar-refractivity contribution in [2.45, 2.75) is 25.8 Å². The van der Waals surface area contributed by atoms with Crippen LogP contribution >= 0.6 is 0 Å². The van der Waals surface area contributed by atoms with Crippen molar-refractivity contribution in [3.8, 4) is 0 Å². The number of carbonyl (C=O) groups excluding carboxylic acids is 1. The highest BCUT2D eigenvalue weighted by molar-refractivity contribution is 5.89. The molecule has 1 heterocycles. The van der Waals surface area contributed by atoms with Crippen LogP contribution in [0.25, 0.3) is 0 Å². The molecule has 1 aromatic carbocycles. The molecular formula is C15H22FN3O. The third-order valence-electron chi connectivity index (χ3n) is 4.03. The molecule has 0 radical (unpaired) electrons. The Hall–Kier alpha value is -1.62. The van der Waals surface area contributed by atoms with Gasteiger partial charge in [-0.25, -0.2) is 9.18 Å². The molecule has 1 aromatic rings. The summed E-state index contributed by atoms with van der Waals surface area (Å²) < 4.78 is 13.5. The van der Waals surface area contributed by atoms with Gasteiger partial charge in [-0.2, -0.15) is 0 Å². The van der Waals surface area contributed by atoms with Crippen LogP contribution in [0.5, 0.6) is 0 Å². The van der Waals surface area contributed by atoms with E-state index >= 15 is 0 Å². The fraction of sp³-hybridized carbons (Fsp3) is 0.533. The first-order chi connectivity index (χ1) is 9.65. The zero-order valence-corrected chi connectivity index (χ0v) is 12.0. The van der Waals surface area contributed by atoms with Gasteiger partial charge in [0.2, 0.25) is 0 Å². The number of nitrogens with zero attached hydrogens (tertiary/aromatic N) is 1. The van der Waals surface area contributed by atoms with Crippen molar-refractivity contribution in [1.29, 1.82) is 0 Å². The van der Waals surface area contributed by atoms with Gasteiger partial charge in [-0.1, -0.05) is 25.5 Å². The second kappa shape index (κ2) is 6.70. The normalized spacial score (nSPS) is 22.6. The van der Waals surface area contributed by atoms with Gasteiger partial charge in [-0.3, -0.25) is 0 Å². The predicted molar refractivity (Wildman–Crippen MR) is 78.2 cm³/mol. The van der Waals surface area contributed by atoms with Crippen LogP contribution in [0.2, 0.25) is 0 Å². The Morgan fingerprint density at radius 1 is 1.45 bits per heavy atom. The largest absolute Gasteiger partial charge is 0.324 e. The molecule has 1 aliphatic heterocycles. The fourth-order valence-electron chi connectivity index (χ4n) is 2.77. The van der Waals surface area contributed by atoms with Crippen molar-refractivity contribution in [2.75, 3.05) is 25.5 Å². The maximum atomic E-state index is 13.5. The molecule has 1 aliphatic rings. The Balaban J connectivity index is 1.98. The highest BCUT2D eigenvalue weighted by atomic mass is 19.1. The van der Waals surface area contributed by atoms with Crippen LogP contribution in [0.15, 0.2) is 24.3 Å². The Kier molecular flexibility index (Phi) is 4.95. The number of nitrogens with one attached hydrogen (secondary N) is 2. The van der Waals surface area contributed by atoms with Crippen LogP contribution in [0, 0.1) is 11.7 Å². The van der Waals surface area contributed by atoms with E-state index in [4.69, 9.17) is 0 Å². The third-order valence-corrected chi connectivity index (χ3v) is 4.03. The van der Waals surface area contributed by atoms with Gasteiger partial charge in [0, 0.05) is 19.1 Å². The number of benzene rings is 1. The van der Waals surface area contributed by atoms with Crippen LogP contribution < -0.4 is 10.6 Å². The maximum Gasteiger partial charge on any atom is 0.321 e. The molecule has 0 saturated carbocycles.